The molecular formula is C6H5N3O4. The topological polar surface area (TPSA) is 136 Å². The number of hydrogen-bond donors (Lipinski definition) is 3. The zero-order chi connectivity index (χ0) is 10.2. The molecule has 0 saturated heterocycles. The second-order valence-electron chi connectivity index (χ2n) is 2.26. The Morgan fingerprint density at radius 2 is 1.38 bits per heavy atom. The van der Waals surface area contributed by atoms with E-state index in [0.717, 1.165) is 0 Å². The van der Waals surface area contributed by atoms with Crippen LogP contribution in [0.25, 0.3) is 0 Å². The van der Waals surface area contributed by atoms with Crippen molar-refractivity contribution in [3.63, 3.8) is 0 Å². The largest absolute Gasteiger partial charge is 0.410 e. The Balaban J connectivity index is 4.15. The molecule has 0 aliphatic heterocycles. The van der Waals surface area contributed by atoms with Crippen molar-refractivity contribution >= 4 is 11.4 Å². The van der Waals surface area contributed by atoms with Gasteiger partial charge < -0.3 is 16.7 Å². The summed E-state index contributed by atoms with van der Waals surface area (Å²) >= 11 is 0. The fraction of sp³-hybridized carbons (Fsp3) is 0. The number of hydrogen-bond acceptors (Lipinski definition) is 7. The van der Waals surface area contributed by atoms with Crippen molar-refractivity contribution in [3.05, 3.63) is 36.0 Å². The van der Waals surface area contributed by atoms with E-state index in [0.29, 0.717) is 0 Å². The normalized spacial score (nSPS) is 11.8. The molecule has 1 aromatic rings. The van der Waals surface area contributed by atoms with E-state index in [1.165, 1.54) is 0 Å². The molecule has 68 valence electrons. The number of rotatable bonds is 0. The average Bonchev–Trinajstić information content (AvgIpc) is 2.13. The van der Waals surface area contributed by atoms with Gasteiger partial charge in [-0.15, -0.1) is 0 Å². The van der Waals surface area contributed by atoms with Gasteiger partial charge in [-0.3, -0.25) is 14.4 Å². The summed E-state index contributed by atoms with van der Waals surface area (Å²) in [7, 11) is 0. The van der Waals surface area contributed by atoms with Crippen LogP contribution < -0.4 is 33.1 Å². The Bertz CT molecular complexity index is 553. The number of nitrogens with two attached hydrogens (primary N) is 2. The number of benzene rings is 1. The van der Waals surface area contributed by atoms with Gasteiger partial charge in [-0.05, 0) is 0 Å². The molecule has 0 saturated carbocycles. The van der Waals surface area contributed by atoms with Gasteiger partial charge in [0.1, 0.15) is 11.4 Å². The molecular weight excluding hydrogens is 178 g/mol. The molecule has 0 radical (unpaired) electrons. The molecule has 0 fully saturated rings. The summed E-state index contributed by atoms with van der Waals surface area (Å²) in [5, 5.41) is 9.69. The van der Waals surface area contributed by atoms with Gasteiger partial charge >= 0.3 is 0 Å². The maximum absolute atomic E-state index is 11.0. The van der Waals surface area contributed by atoms with Gasteiger partial charge in [-0.2, -0.15) is 0 Å². The molecule has 0 aliphatic carbocycles. The third kappa shape index (κ3) is 1.06. The fourth-order valence-electron chi connectivity index (χ4n) is 0.796. The van der Waals surface area contributed by atoms with E-state index in [1.54, 1.807) is 0 Å². The van der Waals surface area contributed by atoms with E-state index < -0.39 is 33.0 Å². The molecule has 1 rings (SSSR count). The summed E-state index contributed by atoms with van der Waals surface area (Å²) in [5.41, 5.74) is 5.52. The summed E-state index contributed by atoms with van der Waals surface area (Å²) in [6.07, 6.45) is 0. The molecule has 0 spiro atoms. The number of nitrogens with zero attached hydrogens (tertiary/aromatic N) is 1. The summed E-state index contributed by atoms with van der Waals surface area (Å²) < 4.78 is 0. The van der Waals surface area contributed by atoms with E-state index in [4.69, 9.17) is 16.7 Å². The zero-order valence-electron chi connectivity index (χ0n) is 6.27. The van der Waals surface area contributed by atoms with Gasteiger partial charge in [0.05, 0.1) is 0 Å². The molecule has 0 heterocycles. The molecule has 0 aliphatic rings. The molecule has 0 atom stereocenters. The molecule has 0 amide bonds. The van der Waals surface area contributed by atoms with Crippen LogP contribution in [0.2, 0.25) is 0 Å². The Morgan fingerprint density at radius 1 is 0.923 bits per heavy atom. The summed E-state index contributed by atoms with van der Waals surface area (Å²) in [6, 6.07) is 0. The Kier molecular flexibility index (Phi) is 1.85. The predicted octanol–water partition coefficient (Wildman–Crippen LogP) is -2.90. The van der Waals surface area contributed by atoms with Crippen LogP contribution in [-0.4, -0.2) is 5.21 Å². The zero-order valence-corrected chi connectivity index (χ0v) is 6.27. The van der Waals surface area contributed by atoms with Gasteiger partial charge in [0.2, 0.25) is 10.8 Å². The number of nitrogen functional groups attached to an aromatic ring is 2. The third-order valence-electron chi connectivity index (χ3n) is 1.52. The minimum Gasteiger partial charge on any atom is -0.410 e. The highest BCUT2D eigenvalue weighted by Gasteiger charge is 2.12. The fourth-order valence-corrected chi connectivity index (χ4v) is 0.796. The Labute approximate surface area is 70.2 Å². The van der Waals surface area contributed by atoms with E-state index in [1.807, 2.05) is 0 Å². The van der Waals surface area contributed by atoms with Gasteiger partial charge in [0, 0.05) is 0 Å². The lowest BCUT2D eigenvalue weighted by atomic mass is 10.2. The lowest BCUT2D eigenvalue weighted by Crippen LogP contribution is -2.49. The van der Waals surface area contributed by atoms with Gasteiger partial charge in [-0.1, -0.05) is 5.16 Å². The maximum Gasteiger partial charge on any atom is 0.260 e. The van der Waals surface area contributed by atoms with Crippen molar-refractivity contribution in [2.45, 2.75) is 0 Å². The molecule has 0 bridgehead atoms. The first-order chi connectivity index (χ1) is 6.00. The van der Waals surface area contributed by atoms with Crippen LogP contribution in [0.4, 0.5) is 11.4 Å². The van der Waals surface area contributed by atoms with E-state index in [9.17, 15) is 14.4 Å². The Morgan fingerprint density at radius 3 is 1.85 bits per heavy atom. The molecule has 0 unspecified atom stereocenters. The number of anilines is 2. The van der Waals surface area contributed by atoms with Gasteiger partial charge in [-0.25, -0.2) is 0 Å². The molecule has 5 N–H and O–H groups in total. The van der Waals surface area contributed by atoms with Crippen molar-refractivity contribution in [1.82, 2.24) is 0 Å². The molecule has 13 heavy (non-hydrogen) atoms. The average molecular weight is 183 g/mol. The van der Waals surface area contributed by atoms with Crippen molar-refractivity contribution < 1.29 is 5.21 Å². The molecule has 0 aromatic heterocycles. The highest BCUT2D eigenvalue weighted by molar-refractivity contribution is 5.61. The van der Waals surface area contributed by atoms with Crippen molar-refractivity contribution in [2.75, 3.05) is 11.5 Å². The van der Waals surface area contributed by atoms with Gasteiger partial charge in [0.15, 0.2) is 0 Å². The quantitative estimate of drug-likeness (QED) is 0.171. The minimum absolute atomic E-state index is 0.572. The van der Waals surface area contributed by atoms with Crippen LogP contribution in [0.5, 0.6) is 0 Å². The SMILES string of the molecule is Nc1c(N)c(=O)c(=NO)c(=O)c1=O. The first-order valence-electron chi connectivity index (χ1n) is 3.11. The first kappa shape index (κ1) is 8.91. The van der Waals surface area contributed by atoms with E-state index in [2.05, 4.69) is 5.16 Å². The molecule has 1 aromatic carbocycles. The second-order valence-corrected chi connectivity index (χ2v) is 2.26. The van der Waals surface area contributed by atoms with Crippen LogP contribution in [0.1, 0.15) is 0 Å². The van der Waals surface area contributed by atoms with E-state index in [-0.39, 0.29) is 0 Å². The first-order valence-corrected chi connectivity index (χ1v) is 3.11. The van der Waals surface area contributed by atoms with Crippen molar-refractivity contribution in [1.29, 1.82) is 0 Å². The minimum atomic E-state index is -1.25. The summed E-state index contributed by atoms with van der Waals surface area (Å²) in [6.45, 7) is 0. The Hall–Kier alpha value is -2.18. The van der Waals surface area contributed by atoms with Crippen LogP contribution >= 0.6 is 0 Å². The van der Waals surface area contributed by atoms with Crippen LogP contribution in [0.15, 0.2) is 19.5 Å². The van der Waals surface area contributed by atoms with Crippen molar-refractivity contribution in [2.24, 2.45) is 5.16 Å². The standard InChI is InChI=1S/C6H5N3O4/c7-1-2(8)5(11)6(12)3(9-13)4(1)10/h13H,7-8H2. The monoisotopic (exact) mass is 183 g/mol. The van der Waals surface area contributed by atoms with Crippen LogP contribution in [0.3, 0.4) is 0 Å². The lowest BCUT2D eigenvalue weighted by Gasteiger charge is -1.92. The van der Waals surface area contributed by atoms with Gasteiger partial charge in [0.25, 0.3) is 10.9 Å². The second kappa shape index (κ2) is 2.70. The van der Waals surface area contributed by atoms with Crippen LogP contribution in [-0.2, 0) is 0 Å². The van der Waals surface area contributed by atoms with Crippen molar-refractivity contribution in [3.8, 4) is 0 Å². The highest BCUT2D eigenvalue weighted by Crippen LogP contribution is 1.94. The smallest absolute Gasteiger partial charge is 0.260 e. The van der Waals surface area contributed by atoms with E-state index >= 15 is 0 Å². The maximum atomic E-state index is 11.0. The summed E-state index contributed by atoms with van der Waals surface area (Å²) in [4.78, 5) is 32.8. The van der Waals surface area contributed by atoms with Crippen LogP contribution in [0, 0.1) is 0 Å². The predicted molar refractivity (Wildman–Crippen MR) is 43.8 cm³/mol. The molecule has 7 heteroatoms. The third-order valence-corrected chi connectivity index (χ3v) is 1.52. The molecule has 7 nitrogen and oxygen atoms in total. The summed E-state index contributed by atoms with van der Waals surface area (Å²) in [5.74, 6) is 0. The highest BCUT2D eigenvalue weighted by atomic mass is 16.4. The lowest BCUT2D eigenvalue weighted by molar-refractivity contribution is 0.300.